The minimum Gasteiger partial charge on any atom is -0.485 e. The Balaban J connectivity index is 1.65. The fourth-order valence-electron chi connectivity index (χ4n) is 7.13. The molecular weight excluding hydrogens is 615 g/mol. The third-order valence-electron chi connectivity index (χ3n) is 9.16. The van der Waals surface area contributed by atoms with Crippen LogP contribution in [0.1, 0.15) is 75.5 Å². The highest BCUT2D eigenvalue weighted by atomic mass is 28.4. The third-order valence-corrected chi connectivity index (χ3v) is 15.2. The second kappa shape index (κ2) is 14.4. The maximum atomic E-state index is 14.4. The molecule has 1 atom stereocenters. The van der Waals surface area contributed by atoms with E-state index in [2.05, 4.69) is 41.5 Å². The van der Waals surface area contributed by atoms with Crippen LogP contribution in [0.15, 0.2) is 65.6 Å². The molecule has 1 aliphatic rings. The van der Waals surface area contributed by atoms with E-state index in [-0.39, 0.29) is 43.5 Å². The van der Waals surface area contributed by atoms with Gasteiger partial charge in [0.05, 0.1) is 19.8 Å². The van der Waals surface area contributed by atoms with E-state index in [4.69, 9.17) is 23.6 Å². The van der Waals surface area contributed by atoms with Gasteiger partial charge in [0, 0.05) is 18.2 Å². The monoisotopic (exact) mass is 660 g/mol. The number of rotatable bonds is 13. The van der Waals surface area contributed by atoms with Gasteiger partial charge in [-0.3, -0.25) is 14.3 Å². The fraction of sp³-hybridized carbons (Fsp3) is 0.432. The lowest BCUT2D eigenvalue weighted by Gasteiger charge is -2.43. The SMILES string of the molecule is CCOC(=O)c1c(OCc2ccccc2)c2ncc(Cc3ccc(F)cc3)c3c2n(c1=O)C[C@H](CO[Si](C(C)C)(C(C)C)C(C)C)O3. The van der Waals surface area contributed by atoms with E-state index in [9.17, 15) is 14.0 Å². The highest BCUT2D eigenvalue weighted by Gasteiger charge is 2.46. The third kappa shape index (κ3) is 6.85. The van der Waals surface area contributed by atoms with Crippen molar-refractivity contribution in [2.24, 2.45) is 0 Å². The number of carbonyl (C=O) groups is 1. The van der Waals surface area contributed by atoms with Crippen LogP contribution in [0, 0.1) is 5.82 Å². The predicted octanol–water partition coefficient (Wildman–Crippen LogP) is 7.84. The number of halogens is 1. The Labute approximate surface area is 277 Å². The van der Waals surface area contributed by atoms with Gasteiger partial charge in [-0.2, -0.15) is 0 Å². The van der Waals surface area contributed by atoms with Crippen molar-refractivity contribution in [1.29, 1.82) is 0 Å². The molecule has 0 radical (unpaired) electrons. The Morgan fingerprint density at radius 2 is 1.66 bits per heavy atom. The summed E-state index contributed by atoms with van der Waals surface area (Å²) >= 11 is 0. The molecule has 0 unspecified atom stereocenters. The van der Waals surface area contributed by atoms with Crippen LogP contribution in [0.5, 0.6) is 11.5 Å². The van der Waals surface area contributed by atoms with Gasteiger partial charge in [0.25, 0.3) is 5.56 Å². The average molecular weight is 661 g/mol. The van der Waals surface area contributed by atoms with Crippen LogP contribution in [0.4, 0.5) is 4.39 Å². The number of benzene rings is 2. The summed E-state index contributed by atoms with van der Waals surface area (Å²) in [6.07, 6.45) is 1.56. The zero-order valence-corrected chi connectivity index (χ0v) is 29.3. The van der Waals surface area contributed by atoms with Gasteiger partial charge in [-0.1, -0.05) is 84.0 Å². The Morgan fingerprint density at radius 1 is 1.00 bits per heavy atom. The van der Waals surface area contributed by atoms with Gasteiger partial charge in [-0.15, -0.1) is 0 Å². The molecule has 10 heteroatoms. The second-order valence-electron chi connectivity index (χ2n) is 13.1. The molecule has 0 spiro atoms. The molecule has 0 saturated heterocycles. The van der Waals surface area contributed by atoms with Crippen LogP contribution in [0.3, 0.4) is 0 Å². The second-order valence-corrected chi connectivity index (χ2v) is 18.6. The predicted molar refractivity (Wildman–Crippen MR) is 183 cm³/mol. The first kappa shape index (κ1) is 34.3. The molecular formula is C37H45FN2O6Si. The van der Waals surface area contributed by atoms with Gasteiger partial charge in [-0.25, -0.2) is 9.18 Å². The minimum absolute atomic E-state index is 0.0577. The smallest absolute Gasteiger partial charge is 0.347 e. The van der Waals surface area contributed by atoms with Crippen molar-refractivity contribution in [3.8, 4) is 11.5 Å². The molecule has 0 fully saturated rings. The molecule has 0 N–H and O–H groups in total. The largest absolute Gasteiger partial charge is 0.485 e. The molecule has 2 aromatic carbocycles. The lowest BCUT2D eigenvalue weighted by molar-refractivity contribution is 0.0516. The van der Waals surface area contributed by atoms with E-state index in [0.29, 0.717) is 39.8 Å². The van der Waals surface area contributed by atoms with Crippen LogP contribution >= 0.6 is 0 Å². The first-order chi connectivity index (χ1) is 22.5. The number of pyridine rings is 2. The van der Waals surface area contributed by atoms with Crippen LogP contribution in [-0.4, -0.2) is 43.2 Å². The van der Waals surface area contributed by atoms with Crippen molar-refractivity contribution in [1.82, 2.24) is 9.55 Å². The topological polar surface area (TPSA) is 88.9 Å². The van der Waals surface area contributed by atoms with Crippen LogP contribution in [0.2, 0.25) is 16.6 Å². The van der Waals surface area contributed by atoms with Crippen LogP contribution in [0.25, 0.3) is 11.0 Å². The maximum absolute atomic E-state index is 14.4. The van der Waals surface area contributed by atoms with Gasteiger partial charge < -0.3 is 18.6 Å². The molecule has 2 aromatic heterocycles. The number of hydrogen-bond acceptors (Lipinski definition) is 7. The van der Waals surface area contributed by atoms with Gasteiger partial charge in [0.1, 0.15) is 29.6 Å². The molecule has 4 aromatic rings. The average Bonchev–Trinajstić information content (AvgIpc) is 3.04. The molecule has 5 rings (SSSR count). The minimum atomic E-state index is -2.26. The van der Waals surface area contributed by atoms with E-state index in [0.717, 1.165) is 16.7 Å². The normalized spacial score (nSPS) is 14.6. The van der Waals surface area contributed by atoms with Crippen molar-refractivity contribution < 1.29 is 27.8 Å². The molecule has 0 saturated carbocycles. The van der Waals surface area contributed by atoms with Gasteiger partial charge in [0.2, 0.25) is 8.32 Å². The molecule has 0 aliphatic carbocycles. The van der Waals surface area contributed by atoms with Crippen molar-refractivity contribution in [3.63, 3.8) is 0 Å². The quantitative estimate of drug-likeness (QED) is 0.107. The highest BCUT2D eigenvalue weighted by Crippen LogP contribution is 2.43. The summed E-state index contributed by atoms with van der Waals surface area (Å²) in [6.45, 7) is 15.7. The maximum Gasteiger partial charge on any atom is 0.347 e. The number of ether oxygens (including phenoxy) is 3. The van der Waals surface area contributed by atoms with E-state index >= 15 is 0 Å². The summed E-state index contributed by atoms with van der Waals surface area (Å²) in [5, 5.41) is 0. The van der Waals surface area contributed by atoms with Crippen LogP contribution < -0.4 is 15.0 Å². The highest BCUT2D eigenvalue weighted by molar-refractivity contribution is 6.77. The Hall–Kier alpha value is -4.02. The van der Waals surface area contributed by atoms with E-state index in [1.54, 1.807) is 29.8 Å². The first-order valence-electron chi connectivity index (χ1n) is 16.4. The Morgan fingerprint density at radius 3 is 2.28 bits per heavy atom. The summed E-state index contributed by atoms with van der Waals surface area (Å²) < 4.78 is 40.6. The van der Waals surface area contributed by atoms with Crippen molar-refractivity contribution >= 4 is 25.3 Å². The van der Waals surface area contributed by atoms with Crippen LogP contribution in [-0.2, 0) is 28.7 Å². The van der Waals surface area contributed by atoms with Gasteiger partial charge in [0.15, 0.2) is 17.1 Å². The summed E-state index contributed by atoms with van der Waals surface area (Å²) in [7, 11) is -2.26. The Bertz CT molecular complexity index is 1750. The van der Waals surface area contributed by atoms with E-state index in [1.165, 1.54) is 12.1 Å². The van der Waals surface area contributed by atoms with Crippen molar-refractivity contribution in [2.75, 3.05) is 13.2 Å². The van der Waals surface area contributed by atoms with Gasteiger partial charge in [-0.05, 0) is 46.8 Å². The van der Waals surface area contributed by atoms with E-state index in [1.807, 2.05) is 30.3 Å². The number of hydrogen-bond donors (Lipinski definition) is 0. The standard InChI is InChI=1S/C37H45FN2O6Si/c1-8-43-37(42)31-35(44-21-27-12-10-9-11-13-27)32-33-34(28(19-39-32)18-26-14-16-29(38)17-15-26)46-30(20-40(33)36(31)41)22-45-47(23(2)3,24(4)5)25(6)7/h9-17,19,23-25,30H,8,18,20-22H2,1-7H3/t30-/m1/s1. The Kier molecular flexibility index (Phi) is 10.5. The van der Waals surface area contributed by atoms with Crippen molar-refractivity contribution in [2.45, 2.75) is 90.8 Å². The summed E-state index contributed by atoms with van der Waals surface area (Å²) in [4.78, 5) is 32.5. The van der Waals surface area contributed by atoms with Gasteiger partial charge >= 0.3 is 5.97 Å². The zero-order valence-electron chi connectivity index (χ0n) is 28.3. The number of aromatic nitrogens is 2. The molecule has 0 bridgehead atoms. The van der Waals surface area contributed by atoms with E-state index < -0.39 is 25.9 Å². The molecule has 0 amide bonds. The molecule has 47 heavy (non-hydrogen) atoms. The first-order valence-corrected chi connectivity index (χ1v) is 18.6. The number of carbonyl (C=O) groups excluding carboxylic acids is 1. The van der Waals surface area contributed by atoms with Crippen molar-refractivity contribution in [3.05, 3.63) is 99.2 Å². The lowest BCUT2D eigenvalue weighted by atomic mass is 10.0. The molecule has 250 valence electrons. The molecule has 8 nitrogen and oxygen atoms in total. The number of esters is 1. The number of nitrogens with zero attached hydrogens (tertiary/aromatic N) is 2. The summed E-state index contributed by atoms with van der Waals surface area (Å²) in [6, 6.07) is 15.8. The zero-order chi connectivity index (χ0) is 33.9. The lowest BCUT2D eigenvalue weighted by Crippen LogP contribution is -2.50. The summed E-state index contributed by atoms with van der Waals surface area (Å²) in [5.74, 6) is -0.562. The molecule has 1 aliphatic heterocycles. The summed E-state index contributed by atoms with van der Waals surface area (Å²) in [5.41, 5.74) is 3.58. The fourth-order valence-corrected chi connectivity index (χ4v) is 12.6. The molecule has 3 heterocycles.